The molecule has 0 fully saturated rings. The summed E-state index contributed by atoms with van der Waals surface area (Å²) in [5, 5.41) is 14.0. The van der Waals surface area contributed by atoms with Crippen molar-refractivity contribution in [3.05, 3.63) is 35.4 Å². The largest absolute Gasteiger partial charge is 0.305 e. The highest BCUT2D eigenvalue weighted by Crippen LogP contribution is 2.14. The number of nitrogens with one attached hydrogen (secondary N) is 1. The van der Waals surface area contributed by atoms with Crippen LogP contribution in [0.1, 0.15) is 30.9 Å². The molecule has 1 rings (SSSR count). The molecule has 0 aromatic heterocycles. The molecule has 0 saturated heterocycles. The molecule has 0 radical (unpaired) electrons. The summed E-state index contributed by atoms with van der Waals surface area (Å²) in [6.07, 6.45) is 0. The van der Waals surface area contributed by atoms with Crippen LogP contribution in [-0.4, -0.2) is 5.84 Å². The van der Waals surface area contributed by atoms with Gasteiger partial charge in [0.15, 0.2) is 5.84 Å². The molecule has 0 bridgehead atoms. The fourth-order valence-corrected chi connectivity index (χ4v) is 1.14. The van der Waals surface area contributed by atoms with Crippen LogP contribution in [0.2, 0.25) is 0 Å². The van der Waals surface area contributed by atoms with Crippen molar-refractivity contribution < 1.29 is 0 Å². The molecule has 1 aromatic rings. The highest BCUT2D eigenvalue weighted by atomic mass is 15.3. The van der Waals surface area contributed by atoms with E-state index in [0.717, 1.165) is 5.56 Å². The van der Waals surface area contributed by atoms with Gasteiger partial charge in [-0.3, -0.25) is 5.41 Å². The average Bonchev–Trinajstić information content (AvgIpc) is 2.18. The van der Waals surface area contributed by atoms with Crippen molar-refractivity contribution in [2.24, 2.45) is 16.2 Å². The van der Waals surface area contributed by atoms with Gasteiger partial charge in [0, 0.05) is 5.56 Å². The van der Waals surface area contributed by atoms with Gasteiger partial charge in [-0.25, -0.2) is 0 Å². The maximum absolute atomic E-state index is 7.47. The molecule has 14 heavy (non-hydrogen) atoms. The number of amidine groups is 1. The van der Waals surface area contributed by atoms with Gasteiger partial charge >= 0.3 is 0 Å². The lowest BCUT2D eigenvalue weighted by molar-refractivity contribution is 0.866. The molecule has 1 aromatic carbocycles. The Bertz CT molecular complexity index is 338. The zero-order chi connectivity index (χ0) is 10.6. The quantitative estimate of drug-likeness (QED) is 0.243. The third kappa shape index (κ3) is 2.39. The lowest BCUT2D eigenvalue weighted by Gasteiger charge is -2.05. The van der Waals surface area contributed by atoms with Gasteiger partial charge in [-0.05, 0) is 11.5 Å². The Labute approximate surface area is 83.3 Å². The van der Waals surface area contributed by atoms with E-state index in [1.54, 1.807) is 0 Å². The highest BCUT2D eigenvalue weighted by Gasteiger charge is 2.01. The first kappa shape index (κ1) is 10.4. The first-order valence-electron chi connectivity index (χ1n) is 4.45. The molecule has 0 aliphatic carbocycles. The second-order valence-corrected chi connectivity index (χ2v) is 3.34. The molecule has 0 heterocycles. The SMILES string of the molecule is CC(C)c1ccc(C(=N)N=NN)cc1. The summed E-state index contributed by atoms with van der Waals surface area (Å²) in [7, 11) is 0. The minimum absolute atomic E-state index is 0.0859. The first-order valence-corrected chi connectivity index (χ1v) is 4.45. The van der Waals surface area contributed by atoms with Gasteiger partial charge in [-0.15, -0.1) is 5.11 Å². The lowest BCUT2D eigenvalue weighted by Crippen LogP contribution is -1.96. The summed E-state index contributed by atoms with van der Waals surface area (Å²) in [4.78, 5) is 0. The van der Waals surface area contributed by atoms with Crippen molar-refractivity contribution in [2.75, 3.05) is 0 Å². The van der Waals surface area contributed by atoms with Gasteiger partial charge in [-0.2, -0.15) is 0 Å². The van der Waals surface area contributed by atoms with E-state index in [0.29, 0.717) is 5.92 Å². The normalized spacial score (nSPS) is 11.1. The van der Waals surface area contributed by atoms with Crippen LogP contribution < -0.4 is 5.84 Å². The Balaban J connectivity index is 2.88. The molecule has 0 amide bonds. The van der Waals surface area contributed by atoms with Crippen LogP contribution >= 0.6 is 0 Å². The zero-order valence-electron chi connectivity index (χ0n) is 8.36. The van der Waals surface area contributed by atoms with Crippen LogP contribution in [0.25, 0.3) is 0 Å². The number of hydrogen-bond acceptors (Lipinski definition) is 2. The maximum atomic E-state index is 7.47. The number of nitrogens with zero attached hydrogens (tertiary/aromatic N) is 2. The van der Waals surface area contributed by atoms with E-state index >= 15 is 0 Å². The monoisotopic (exact) mass is 190 g/mol. The van der Waals surface area contributed by atoms with Crippen molar-refractivity contribution in [3.63, 3.8) is 0 Å². The van der Waals surface area contributed by atoms with Crippen molar-refractivity contribution in [2.45, 2.75) is 19.8 Å². The molecule has 0 unspecified atom stereocenters. The van der Waals surface area contributed by atoms with Gasteiger partial charge in [0.2, 0.25) is 0 Å². The van der Waals surface area contributed by atoms with E-state index in [1.807, 2.05) is 24.3 Å². The van der Waals surface area contributed by atoms with E-state index in [4.69, 9.17) is 11.3 Å². The number of nitrogens with two attached hydrogens (primary N) is 1. The molecule has 4 nitrogen and oxygen atoms in total. The van der Waals surface area contributed by atoms with Crippen LogP contribution in [0.4, 0.5) is 0 Å². The van der Waals surface area contributed by atoms with Crippen molar-refractivity contribution in [3.8, 4) is 0 Å². The molecule has 0 saturated carbocycles. The summed E-state index contributed by atoms with van der Waals surface area (Å²) < 4.78 is 0. The summed E-state index contributed by atoms with van der Waals surface area (Å²) in [5.74, 6) is 5.44. The minimum Gasteiger partial charge on any atom is -0.305 e. The summed E-state index contributed by atoms with van der Waals surface area (Å²) in [6.45, 7) is 4.25. The number of rotatable bonds is 2. The predicted molar refractivity (Wildman–Crippen MR) is 56.4 cm³/mol. The predicted octanol–water partition coefficient (Wildman–Crippen LogP) is 2.46. The number of hydrogen-bond donors (Lipinski definition) is 2. The van der Waals surface area contributed by atoms with Crippen LogP contribution in [0.15, 0.2) is 34.6 Å². The average molecular weight is 190 g/mol. The molecule has 0 aliphatic heterocycles. The highest BCUT2D eigenvalue weighted by molar-refractivity contribution is 5.96. The molecular weight excluding hydrogens is 176 g/mol. The Morgan fingerprint density at radius 1 is 1.29 bits per heavy atom. The minimum atomic E-state index is 0.0859. The van der Waals surface area contributed by atoms with Crippen molar-refractivity contribution >= 4 is 5.84 Å². The third-order valence-electron chi connectivity index (χ3n) is 2.01. The van der Waals surface area contributed by atoms with Crippen molar-refractivity contribution in [1.29, 1.82) is 5.41 Å². The van der Waals surface area contributed by atoms with Crippen LogP contribution in [0.3, 0.4) is 0 Å². The fraction of sp³-hybridized carbons (Fsp3) is 0.300. The summed E-state index contributed by atoms with van der Waals surface area (Å²) in [6, 6.07) is 7.68. The first-order chi connectivity index (χ1) is 6.65. The van der Waals surface area contributed by atoms with Crippen LogP contribution in [0, 0.1) is 5.41 Å². The van der Waals surface area contributed by atoms with E-state index in [9.17, 15) is 0 Å². The Hall–Kier alpha value is -1.71. The second-order valence-electron chi connectivity index (χ2n) is 3.34. The smallest absolute Gasteiger partial charge is 0.176 e. The van der Waals surface area contributed by atoms with E-state index in [1.165, 1.54) is 5.56 Å². The van der Waals surface area contributed by atoms with Gasteiger partial charge in [0.05, 0.1) is 0 Å². The van der Waals surface area contributed by atoms with Crippen LogP contribution in [0.5, 0.6) is 0 Å². The Morgan fingerprint density at radius 3 is 2.29 bits per heavy atom. The number of benzene rings is 1. The Morgan fingerprint density at radius 2 is 1.86 bits per heavy atom. The van der Waals surface area contributed by atoms with Gasteiger partial charge < -0.3 is 5.84 Å². The van der Waals surface area contributed by atoms with Gasteiger partial charge in [-0.1, -0.05) is 43.3 Å². The fourth-order valence-electron chi connectivity index (χ4n) is 1.14. The zero-order valence-corrected chi connectivity index (χ0v) is 8.36. The molecule has 0 spiro atoms. The van der Waals surface area contributed by atoms with E-state index in [2.05, 4.69) is 24.2 Å². The molecule has 0 aliphatic rings. The maximum Gasteiger partial charge on any atom is 0.176 e. The molecule has 0 atom stereocenters. The summed E-state index contributed by atoms with van der Waals surface area (Å²) in [5.41, 5.74) is 1.97. The lowest BCUT2D eigenvalue weighted by atomic mass is 10.0. The van der Waals surface area contributed by atoms with E-state index < -0.39 is 0 Å². The van der Waals surface area contributed by atoms with Crippen molar-refractivity contribution in [1.82, 2.24) is 0 Å². The van der Waals surface area contributed by atoms with Crippen LogP contribution in [-0.2, 0) is 0 Å². The molecule has 4 heteroatoms. The molecule has 74 valence electrons. The topological polar surface area (TPSA) is 74.6 Å². The van der Waals surface area contributed by atoms with E-state index in [-0.39, 0.29) is 5.84 Å². The molecule has 3 N–H and O–H groups in total. The second kappa shape index (κ2) is 4.50. The standard InChI is InChI=1S/C10H14N4/c1-7(2)8-3-5-9(6-4-8)10(11)13-14-12/h3-7H,1-2H3,(H3,11,12,13). The Kier molecular flexibility index (Phi) is 3.34. The third-order valence-corrected chi connectivity index (χ3v) is 2.01. The van der Waals surface area contributed by atoms with Gasteiger partial charge in [0.25, 0.3) is 0 Å². The van der Waals surface area contributed by atoms with Gasteiger partial charge in [0.1, 0.15) is 0 Å². The summed E-state index contributed by atoms with van der Waals surface area (Å²) >= 11 is 0. The molecular formula is C10H14N4.